The monoisotopic (exact) mass is 477 g/mol. The van der Waals surface area contributed by atoms with Crippen LogP contribution in [0.2, 0.25) is 0 Å². The number of benzene rings is 4. The first kappa shape index (κ1) is 21.8. The summed E-state index contributed by atoms with van der Waals surface area (Å²) in [5.41, 5.74) is 8.71. The van der Waals surface area contributed by atoms with Crippen LogP contribution in [0, 0.1) is 13.8 Å². The molecule has 1 atom stereocenters. The molecule has 1 heteroatoms. The summed E-state index contributed by atoms with van der Waals surface area (Å²) in [6.45, 7) is 6.66. The van der Waals surface area contributed by atoms with Gasteiger partial charge in [0.05, 0.1) is 0 Å². The SMILES string of the molecule is CCC1c2ccccc2-c2c(C)cccc21.Cc1cccc2c1[cH-]c1ccccc12.[Zr]. The molecule has 0 N–H and O–H groups in total. The van der Waals surface area contributed by atoms with Gasteiger partial charge in [-0.2, -0.15) is 0 Å². The summed E-state index contributed by atoms with van der Waals surface area (Å²) in [7, 11) is 0. The summed E-state index contributed by atoms with van der Waals surface area (Å²) in [4.78, 5) is 0. The Morgan fingerprint density at radius 3 is 2.16 bits per heavy atom. The van der Waals surface area contributed by atoms with Crippen molar-refractivity contribution in [3.63, 3.8) is 0 Å². The molecule has 31 heavy (non-hydrogen) atoms. The van der Waals surface area contributed by atoms with Crippen LogP contribution >= 0.6 is 0 Å². The fraction of sp³-hybridized carbons (Fsp3) is 0.167. The minimum atomic E-state index is 0. The molecule has 6 rings (SSSR count). The summed E-state index contributed by atoms with van der Waals surface area (Å²) in [5, 5.41) is 5.47. The zero-order valence-electron chi connectivity index (χ0n) is 18.4. The van der Waals surface area contributed by atoms with Gasteiger partial charge in [-0.25, -0.2) is 0 Å². The first-order valence-electron chi connectivity index (χ1n) is 10.9. The van der Waals surface area contributed by atoms with Crippen LogP contribution in [0.5, 0.6) is 0 Å². The van der Waals surface area contributed by atoms with Gasteiger partial charge in [0, 0.05) is 32.1 Å². The number of rotatable bonds is 1. The van der Waals surface area contributed by atoms with E-state index < -0.39 is 0 Å². The first-order valence-corrected chi connectivity index (χ1v) is 10.9. The Kier molecular flexibility index (Phi) is 6.35. The Morgan fingerprint density at radius 1 is 0.677 bits per heavy atom. The summed E-state index contributed by atoms with van der Waals surface area (Å²) < 4.78 is 0. The van der Waals surface area contributed by atoms with E-state index in [2.05, 4.69) is 112 Å². The second-order valence-corrected chi connectivity index (χ2v) is 8.35. The number of hydrogen-bond acceptors (Lipinski definition) is 0. The minimum absolute atomic E-state index is 0. The van der Waals surface area contributed by atoms with Crippen LogP contribution in [-0.4, -0.2) is 0 Å². The van der Waals surface area contributed by atoms with Crippen LogP contribution in [0.15, 0.2) is 91.0 Å². The second-order valence-electron chi connectivity index (χ2n) is 8.35. The molecule has 0 aliphatic heterocycles. The molecule has 1 aliphatic rings. The van der Waals surface area contributed by atoms with Gasteiger partial charge in [0.1, 0.15) is 0 Å². The van der Waals surface area contributed by atoms with Crippen LogP contribution in [0.4, 0.5) is 0 Å². The van der Waals surface area contributed by atoms with E-state index in [4.69, 9.17) is 0 Å². The van der Waals surface area contributed by atoms with Crippen molar-refractivity contribution in [3.05, 3.63) is 113 Å². The molecular formula is C30H27Zr-. The molecule has 1 aliphatic carbocycles. The van der Waals surface area contributed by atoms with Crippen molar-refractivity contribution in [2.45, 2.75) is 33.1 Å². The van der Waals surface area contributed by atoms with Crippen molar-refractivity contribution in [2.24, 2.45) is 0 Å². The fourth-order valence-electron chi connectivity index (χ4n) is 5.12. The largest absolute Gasteiger partial charge is 0.126 e. The zero-order chi connectivity index (χ0) is 20.7. The first-order chi connectivity index (χ1) is 14.7. The Hall–Kier alpha value is -2.37. The molecule has 5 aromatic carbocycles. The van der Waals surface area contributed by atoms with Gasteiger partial charge in [-0.1, -0.05) is 92.7 Å². The van der Waals surface area contributed by atoms with Gasteiger partial charge >= 0.3 is 0 Å². The third kappa shape index (κ3) is 3.74. The fourth-order valence-corrected chi connectivity index (χ4v) is 5.12. The van der Waals surface area contributed by atoms with Crippen LogP contribution in [0.3, 0.4) is 0 Å². The maximum atomic E-state index is 2.29. The van der Waals surface area contributed by atoms with Crippen molar-refractivity contribution in [3.8, 4) is 11.1 Å². The summed E-state index contributed by atoms with van der Waals surface area (Å²) in [6, 6.07) is 32.9. The van der Waals surface area contributed by atoms with E-state index in [1.807, 2.05) is 0 Å². The number of aryl methyl sites for hydroxylation is 2. The molecule has 0 aromatic heterocycles. The zero-order valence-corrected chi connectivity index (χ0v) is 20.9. The second kappa shape index (κ2) is 9.01. The van der Waals surface area contributed by atoms with Crippen molar-refractivity contribution < 1.29 is 26.2 Å². The van der Waals surface area contributed by atoms with Crippen molar-refractivity contribution in [2.75, 3.05) is 0 Å². The Bertz CT molecular complexity index is 1360. The number of fused-ring (bicyclic) bond motifs is 6. The third-order valence-corrected chi connectivity index (χ3v) is 6.57. The molecule has 0 bridgehead atoms. The van der Waals surface area contributed by atoms with E-state index in [-0.39, 0.29) is 26.2 Å². The molecule has 0 saturated carbocycles. The van der Waals surface area contributed by atoms with Gasteiger partial charge in [-0.3, -0.25) is 0 Å². The topological polar surface area (TPSA) is 0 Å². The molecule has 0 saturated heterocycles. The van der Waals surface area contributed by atoms with E-state index in [1.54, 1.807) is 0 Å². The van der Waals surface area contributed by atoms with Gasteiger partial charge in [0.25, 0.3) is 0 Å². The maximum absolute atomic E-state index is 2.29. The predicted molar refractivity (Wildman–Crippen MR) is 131 cm³/mol. The maximum Gasteiger partial charge on any atom is 0.00991 e. The smallest absolute Gasteiger partial charge is 0.00991 e. The Labute approximate surface area is 204 Å². The normalized spacial score (nSPS) is 13.8. The van der Waals surface area contributed by atoms with Crippen LogP contribution in [0.1, 0.15) is 41.5 Å². The van der Waals surface area contributed by atoms with Crippen LogP contribution in [0.25, 0.3) is 32.7 Å². The van der Waals surface area contributed by atoms with E-state index >= 15 is 0 Å². The molecule has 0 fully saturated rings. The average molecular weight is 479 g/mol. The van der Waals surface area contributed by atoms with Crippen LogP contribution < -0.4 is 0 Å². The molecule has 152 valence electrons. The van der Waals surface area contributed by atoms with E-state index in [0.29, 0.717) is 5.92 Å². The van der Waals surface area contributed by atoms with Crippen molar-refractivity contribution in [1.82, 2.24) is 0 Å². The van der Waals surface area contributed by atoms with Gasteiger partial charge in [-0.15, -0.1) is 39.2 Å². The van der Waals surface area contributed by atoms with E-state index in [0.717, 1.165) is 0 Å². The molecule has 0 spiro atoms. The molecule has 0 amide bonds. The third-order valence-electron chi connectivity index (χ3n) is 6.57. The molecule has 5 aromatic rings. The summed E-state index contributed by atoms with van der Waals surface area (Å²) in [6.07, 6.45) is 1.19. The summed E-state index contributed by atoms with van der Waals surface area (Å²) in [5.74, 6) is 0.603. The standard InChI is InChI=1S/C16H16.C14H11.Zr/c1-3-12-13-8-4-5-9-15(13)16-11(2)7-6-10-14(12)16;1-10-5-4-8-13-12-7-3-2-6-11(12)9-14(10)13;/h4-10,12H,3H2,1-2H3;2-9H,1H3;/q;-1;. The summed E-state index contributed by atoms with van der Waals surface area (Å²) >= 11 is 0. The Morgan fingerprint density at radius 2 is 1.32 bits per heavy atom. The van der Waals surface area contributed by atoms with Crippen LogP contribution in [-0.2, 0) is 26.2 Å². The molecule has 0 heterocycles. The van der Waals surface area contributed by atoms with Gasteiger partial charge < -0.3 is 0 Å². The van der Waals surface area contributed by atoms with Gasteiger partial charge in [0.2, 0.25) is 0 Å². The molecule has 1 unspecified atom stereocenters. The van der Waals surface area contributed by atoms with Crippen molar-refractivity contribution >= 4 is 21.5 Å². The molecule has 0 nitrogen and oxygen atoms in total. The predicted octanol–water partition coefficient (Wildman–Crippen LogP) is 8.54. The van der Waals surface area contributed by atoms with Gasteiger partial charge in [-0.05, 0) is 41.2 Å². The van der Waals surface area contributed by atoms with E-state index in [9.17, 15) is 0 Å². The van der Waals surface area contributed by atoms with Gasteiger partial charge in [0.15, 0.2) is 0 Å². The molecular weight excluding hydrogens is 452 g/mol. The Balaban J connectivity index is 0.000000146. The van der Waals surface area contributed by atoms with Crippen molar-refractivity contribution in [1.29, 1.82) is 0 Å². The van der Waals surface area contributed by atoms with E-state index in [1.165, 1.54) is 61.3 Å². The average Bonchev–Trinajstić information content (AvgIpc) is 3.31. The molecule has 0 radical (unpaired) electrons. The quantitative estimate of drug-likeness (QED) is 0.212. The number of hydrogen-bond donors (Lipinski definition) is 0. The minimum Gasteiger partial charge on any atom is -0.126 e.